The highest BCUT2D eigenvalue weighted by Gasteiger charge is 2.30. The molecule has 23 heavy (non-hydrogen) atoms. The summed E-state index contributed by atoms with van der Waals surface area (Å²) in [4.78, 5) is 18.8. The minimum atomic E-state index is -4.46. The molecule has 0 radical (unpaired) electrons. The van der Waals surface area contributed by atoms with E-state index in [1.807, 2.05) is 30.3 Å². The molecule has 0 atom stereocenters. The Morgan fingerprint density at radius 3 is 2.43 bits per heavy atom. The second-order valence-corrected chi connectivity index (χ2v) is 5.23. The third-order valence-electron chi connectivity index (χ3n) is 3.58. The molecule has 1 aromatic heterocycles. The number of hydrogen-bond acceptors (Lipinski definition) is 2. The summed E-state index contributed by atoms with van der Waals surface area (Å²) in [5, 5.41) is 0.154. The van der Waals surface area contributed by atoms with Crippen LogP contribution in [0.4, 0.5) is 13.2 Å². The van der Waals surface area contributed by atoms with Crippen molar-refractivity contribution in [2.45, 2.75) is 19.0 Å². The topological polar surface area (TPSA) is 45.8 Å². The van der Waals surface area contributed by atoms with E-state index < -0.39 is 17.3 Å². The molecule has 0 aliphatic heterocycles. The Balaban J connectivity index is 1.94. The quantitative estimate of drug-likeness (QED) is 0.800. The number of halogens is 3. The number of nitrogens with one attached hydrogen (secondary N) is 1. The van der Waals surface area contributed by atoms with Gasteiger partial charge in [0.25, 0.3) is 5.56 Å². The molecule has 0 bridgehead atoms. The zero-order valence-electron chi connectivity index (χ0n) is 12.0. The van der Waals surface area contributed by atoms with E-state index in [2.05, 4.69) is 9.97 Å². The predicted molar refractivity (Wildman–Crippen MR) is 81.2 cm³/mol. The second-order valence-electron chi connectivity index (χ2n) is 5.23. The van der Waals surface area contributed by atoms with Crippen molar-refractivity contribution in [3.8, 4) is 0 Å². The highest BCUT2D eigenvalue weighted by atomic mass is 19.4. The van der Waals surface area contributed by atoms with Crippen LogP contribution in [0, 0.1) is 0 Å². The lowest BCUT2D eigenvalue weighted by Gasteiger charge is -2.08. The first kappa shape index (κ1) is 15.3. The molecule has 0 aliphatic carbocycles. The third kappa shape index (κ3) is 3.41. The number of aryl methyl sites for hydroxylation is 2. The van der Waals surface area contributed by atoms with Gasteiger partial charge in [-0.1, -0.05) is 30.3 Å². The normalized spacial score (nSPS) is 11.8. The molecule has 3 rings (SSSR count). The fourth-order valence-electron chi connectivity index (χ4n) is 2.39. The van der Waals surface area contributed by atoms with E-state index in [1.54, 1.807) is 0 Å². The average molecular weight is 318 g/mol. The van der Waals surface area contributed by atoms with Crippen LogP contribution in [0.5, 0.6) is 0 Å². The molecule has 0 amide bonds. The standard InChI is InChI=1S/C17H13F3N2O/c18-17(19,20)12-7-8-13-14(10-12)21-15(22-16(13)23)9-6-11-4-2-1-3-5-11/h1-5,7-8,10H,6,9H2,(H,21,22,23). The van der Waals surface area contributed by atoms with E-state index in [0.717, 1.165) is 23.8 Å². The smallest absolute Gasteiger partial charge is 0.310 e. The van der Waals surface area contributed by atoms with Crippen molar-refractivity contribution in [2.75, 3.05) is 0 Å². The molecule has 118 valence electrons. The van der Waals surface area contributed by atoms with Crippen LogP contribution in [0.1, 0.15) is 17.0 Å². The summed E-state index contributed by atoms with van der Waals surface area (Å²) in [5.74, 6) is 0.380. The maximum atomic E-state index is 12.8. The summed E-state index contributed by atoms with van der Waals surface area (Å²) in [6.07, 6.45) is -3.36. The zero-order chi connectivity index (χ0) is 16.4. The Morgan fingerprint density at radius 2 is 1.74 bits per heavy atom. The Bertz CT molecular complexity index is 886. The number of aromatic nitrogens is 2. The Labute approximate surface area is 129 Å². The lowest BCUT2D eigenvalue weighted by Crippen LogP contribution is -2.14. The molecule has 0 unspecified atom stereocenters. The molecule has 3 nitrogen and oxygen atoms in total. The molecular formula is C17H13F3N2O. The molecular weight excluding hydrogens is 305 g/mol. The fraction of sp³-hybridized carbons (Fsp3) is 0.176. The van der Waals surface area contributed by atoms with E-state index in [4.69, 9.17) is 0 Å². The van der Waals surface area contributed by atoms with Gasteiger partial charge in [0, 0.05) is 6.42 Å². The third-order valence-corrected chi connectivity index (χ3v) is 3.58. The molecule has 0 spiro atoms. The Morgan fingerprint density at radius 1 is 1.00 bits per heavy atom. The molecule has 0 saturated carbocycles. The van der Waals surface area contributed by atoms with Gasteiger partial charge in [-0.15, -0.1) is 0 Å². The number of rotatable bonds is 3. The van der Waals surface area contributed by atoms with Gasteiger partial charge in [-0.2, -0.15) is 13.2 Å². The van der Waals surface area contributed by atoms with E-state index in [-0.39, 0.29) is 10.9 Å². The SMILES string of the molecule is O=c1[nH]c(CCc2ccccc2)nc2cc(C(F)(F)F)ccc12. The van der Waals surface area contributed by atoms with Gasteiger partial charge in [-0.05, 0) is 30.2 Å². The van der Waals surface area contributed by atoms with Crippen LogP contribution in [0.25, 0.3) is 10.9 Å². The molecule has 0 saturated heterocycles. The van der Waals surface area contributed by atoms with Crippen molar-refractivity contribution >= 4 is 10.9 Å². The summed E-state index contributed by atoms with van der Waals surface area (Å²) in [7, 11) is 0. The van der Waals surface area contributed by atoms with Crippen molar-refractivity contribution in [3.05, 3.63) is 75.8 Å². The number of hydrogen-bond donors (Lipinski definition) is 1. The highest BCUT2D eigenvalue weighted by Crippen LogP contribution is 2.30. The summed E-state index contributed by atoms with van der Waals surface area (Å²) >= 11 is 0. The second kappa shape index (κ2) is 5.87. The Kier molecular flexibility index (Phi) is 3.90. The monoisotopic (exact) mass is 318 g/mol. The van der Waals surface area contributed by atoms with E-state index >= 15 is 0 Å². The lowest BCUT2D eigenvalue weighted by molar-refractivity contribution is -0.137. The van der Waals surface area contributed by atoms with Crippen molar-refractivity contribution in [1.82, 2.24) is 9.97 Å². The van der Waals surface area contributed by atoms with Crippen molar-refractivity contribution < 1.29 is 13.2 Å². The van der Waals surface area contributed by atoms with Gasteiger partial charge in [0.1, 0.15) is 5.82 Å². The molecule has 0 fully saturated rings. The highest BCUT2D eigenvalue weighted by molar-refractivity contribution is 5.78. The number of H-pyrrole nitrogens is 1. The predicted octanol–water partition coefficient (Wildman–Crippen LogP) is 3.73. The minimum Gasteiger partial charge on any atom is -0.310 e. The van der Waals surface area contributed by atoms with E-state index in [9.17, 15) is 18.0 Å². The maximum absolute atomic E-state index is 12.8. The fourth-order valence-corrected chi connectivity index (χ4v) is 2.39. The largest absolute Gasteiger partial charge is 0.416 e. The number of alkyl halides is 3. The van der Waals surface area contributed by atoms with Crippen LogP contribution in [-0.2, 0) is 19.0 Å². The van der Waals surface area contributed by atoms with Crippen molar-refractivity contribution in [1.29, 1.82) is 0 Å². The van der Waals surface area contributed by atoms with Crippen LogP contribution in [0.2, 0.25) is 0 Å². The van der Waals surface area contributed by atoms with Crippen LogP contribution < -0.4 is 5.56 Å². The van der Waals surface area contributed by atoms with Crippen LogP contribution in [-0.4, -0.2) is 9.97 Å². The molecule has 3 aromatic rings. The van der Waals surface area contributed by atoms with Gasteiger partial charge in [-0.25, -0.2) is 4.98 Å². The average Bonchev–Trinajstić information content (AvgIpc) is 2.52. The van der Waals surface area contributed by atoms with E-state index in [1.165, 1.54) is 0 Å². The van der Waals surface area contributed by atoms with Gasteiger partial charge in [0.05, 0.1) is 16.5 Å². The molecule has 2 aromatic carbocycles. The maximum Gasteiger partial charge on any atom is 0.416 e. The van der Waals surface area contributed by atoms with Gasteiger partial charge >= 0.3 is 6.18 Å². The van der Waals surface area contributed by atoms with Crippen LogP contribution in [0.15, 0.2) is 53.3 Å². The number of fused-ring (bicyclic) bond motifs is 1. The molecule has 1 heterocycles. The summed E-state index contributed by atoms with van der Waals surface area (Å²) in [6, 6.07) is 12.6. The molecule has 6 heteroatoms. The zero-order valence-corrected chi connectivity index (χ0v) is 12.0. The van der Waals surface area contributed by atoms with Crippen LogP contribution >= 0.6 is 0 Å². The van der Waals surface area contributed by atoms with Crippen molar-refractivity contribution in [2.24, 2.45) is 0 Å². The van der Waals surface area contributed by atoms with Gasteiger partial charge < -0.3 is 4.98 Å². The Hall–Kier alpha value is -2.63. The first-order chi connectivity index (χ1) is 10.9. The molecule has 1 N–H and O–H groups in total. The number of aromatic amines is 1. The van der Waals surface area contributed by atoms with Gasteiger partial charge in [0.2, 0.25) is 0 Å². The number of benzene rings is 2. The minimum absolute atomic E-state index is 0.0617. The summed E-state index contributed by atoms with van der Waals surface area (Å²) < 4.78 is 38.3. The first-order valence-electron chi connectivity index (χ1n) is 7.07. The summed E-state index contributed by atoms with van der Waals surface area (Å²) in [5.41, 5.74) is -0.102. The first-order valence-corrected chi connectivity index (χ1v) is 7.07. The molecule has 0 aliphatic rings. The van der Waals surface area contributed by atoms with Crippen molar-refractivity contribution in [3.63, 3.8) is 0 Å². The van der Waals surface area contributed by atoms with Crippen LogP contribution in [0.3, 0.4) is 0 Å². The lowest BCUT2D eigenvalue weighted by atomic mass is 10.1. The number of nitrogens with zero attached hydrogens (tertiary/aromatic N) is 1. The van der Waals surface area contributed by atoms with E-state index in [0.29, 0.717) is 18.7 Å². The van der Waals surface area contributed by atoms with Gasteiger partial charge in [-0.3, -0.25) is 4.79 Å². The van der Waals surface area contributed by atoms with Gasteiger partial charge in [0.15, 0.2) is 0 Å². The summed E-state index contributed by atoms with van der Waals surface area (Å²) in [6.45, 7) is 0.